The lowest BCUT2D eigenvalue weighted by Crippen LogP contribution is -2.39. The van der Waals surface area contributed by atoms with Crippen LogP contribution in [0.4, 0.5) is 4.79 Å². The van der Waals surface area contributed by atoms with Crippen LogP contribution in [-0.2, 0) is 9.53 Å². The SMILES string of the molecule is COc1cccc([C@@H](C)N(C)C(=O)CN2CCOC2=O)c1. The minimum absolute atomic E-state index is 0.0453. The predicted octanol–water partition coefficient (Wildman–Crippen LogP) is 1.67. The molecule has 0 saturated carbocycles. The van der Waals surface area contributed by atoms with Crippen molar-refractivity contribution in [3.63, 3.8) is 0 Å². The van der Waals surface area contributed by atoms with E-state index in [1.807, 2.05) is 31.2 Å². The lowest BCUT2D eigenvalue weighted by Gasteiger charge is -2.27. The van der Waals surface area contributed by atoms with Gasteiger partial charge in [-0.25, -0.2) is 4.79 Å². The van der Waals surface area contributed by atoms with E-state index >= 15 is 0 Å². The fourth-order valence-corrected chi connectivity index (χ4v) is 2.19. The van der Waals surface area contributed by atoms with Gasteiger partial charge in [-0.05, 0) is 24.6 Å². The van der Waals surface area contributed by atoms with Gasteiger partial charge in [-0.1, -0.05) is 12.1 Å². The summed E-state index contributed by atoms with van der Waals surface area (Å²) in [5.74, 6) is 0.632. The van der Waals surface area contributed by atoms with Crippen LogP contribution in [0.3, 0.4) is 0 Å². The van der Waals surface area contributed by atoms with Gasteiger partial charge < -0.3 is 14.4 Å². The van der Waals surface area contributed by atoms with E-state index in [9.17, 15) is 9.59 Å². The van der Waals surface area contributed by atoms with Crippen molar-refractivity contribution in [1.29, 1.82) is 0 Å². The van der Waals surface area contributed by atoms with Crippen LogP contribution in [0.25, 0.3) is 0 Å². The van der Waals surface area contributed by atoms with Gasteiger partial charge in [0.25, 0.3) is 0 Å². The number of carbonyl (C=O) groups excluding carboxylic acids is 2. The molecule has 1 aliphatic rings. The molecule has 6 nitrogen and oxygen atoms in total. The average Bonchev–Trinajstić information content (AvgIpc) is 2.90. The molecule has 0 aliphatic carbocycles. The van der Waals surface area contributed by atoms with Crippen LogP contribution in [0.5, 0.6) is 5.75 Å². The number of likely N-dealkylation sites (N-methyl/N-ethyl adjacent to an activating group) is 1. The summed E-state index contributed by atoms with van der Waals surface area (Å²) in [5.41, 5.74) is 0.981. The normalized spacial score (nSPS) is 15.6. The highest BCUT2D eigenvalue weighted by molar-refractivity contribution is 5.83. The zero-order valence-electron chi connectivity index (χ0n) is 12.5. The number of methoxy groups -OCH3 is 1. The predicted molar refractivity (Wildman–Crippen MR) is 77.1 cm³/mol. The Kier molecular flexibility index (Phi) is 4.67. The van der Waals surface area contributed by atoms with E-state index in [1.54, 1.807) is 19.1 Å². The van der Waals surface area contributed by atoms with Crippen molar-refractivity contribution < 1.29 is 19.1 Å². The van der Waals surface area contributed by atoms with Gasteiger partial charge in [0.15, 0.2) is 0 Å². The van der Waals surface area contributed by atoms with Gasteiger partial charge in [-0.15, -0.1) is 0 Å². The first-order chi connectivity index (χ1) is 10.0. The van der Waals surface area contributed by atoms with Crippen molar-refractivity contribution in [2.75, 3.05) is 33.9 Å². The highest BCUT2D eigenvalue weighted by Crippen LogP contribution is 2.23. The smallest absolute Gasteiger partial charge is 0.410 e. The third-order valence-corrected chi connectivity index (χ3v) is 3.72. The second kappa shape index (κ2) is 6.47. The van der Waals surface area contributed by atoms with Crippen LogP contribution in [0, 0.1) is 0 Å². The monoisotopic (exact) mass is 292 g/mol. The maximum absolute atomic E-state index is 12.3. The molecule has 0 N–H and O–H groups in total. The minimum atomic E-state index is -0.425. The highest BCUT2D eigenvalue weighted by Gasteiger charge is 2.27. The molecule has 114 valence electrons. The second-order valence-electron chi connectivity index (χ2n) is 4.99. The van der Waals surface area contributed by atoms with Crippen LogP contribution in [0.15, 0.2) is 24.3 Å². The molecule has 2 rings (SSSR count). The largest absolute Gasteiger partial charge is 0.497 e. The molecule has 1 heterocycles. The summed E-state index contributed by atoms with van der Waals surface area (Å²) in [6, 6.07) is 7.49. The van der Waals surface area contributed by atoms with Gasteiger partial charge in [0.05, 0.1) is 19.7 Å². The Bertz CT molecular complexity index is 532. The number of hydrogen-bond acceptors (Lipinski definition) is 4. The molecule has 0 aromatic heterocycles. The van der Waals surface area contributed by atoms with E-state index in [1.165, 1.54) is 4.90 Å². The molecule has 21 heavy (non-hydrogen) atoms. The van der Waals surface area contributed by atoms with Gasteiger partial charge >= 0.3 is 6.09 Å². The van der Waals surface area contributed by atoms with E-state index in [0.29, 0.717) is 13.2 Å². The number of nitrogens with zero attached hydrogens (tertiary/aromatic N) is 2. The number of cyclic esters (lactones) is 1. The number of ether oxygens (including phenoxy) is 2. The lowest BCUT2D eigenvalue weighted by molar-refractivity contribution is -0.132. The third-order valence-electron chi connectivity index (χ3n) is 3.72. The zero-order valence-corrected chi connectivity index (χ0v) is 12.5. The van der Waals surface area contributed by atoms with Crippen LogP contribution in [0.2, 0.25) is 0 Å². The summed E-state index contributed by atoms with van der Waals surface area (Å²) in [7, 11) is 3.34. The van der Waals surface area contributed by atoms with E-state index in [4.69, 9.17) is 9.47 Å². The Morgan fingerprint density at radius 2 is 2.29 bits per heavy atom. The Hall–Kier alpha value is -2.24. The second-order valence-corrected chi connectivity index (χ2v) is 4.99. The van der Waals surface area contributed by atoms with Gasteiger partial charge in [-0.3, -0.25) is 9.69 Å². The van der Waals surface area contributed by atoms with Crippen LogP contribution in [0.1, 0.15) is 18.5 Å². The molecule has 1 aromatic carbocycles. The van der Waals surface area contributed by atoms with Gasteiger partial charge in [0.2, 0.25) is 5.91 Å². The van der Waals surface area contributed by atoms with Crippen LogP contribution in [-0.4, -0.2) is 55.7 Å². The molecule has 1 saturated heterocycles. The summed E-state index contributed by atoms with van der Waals surface area (Å²) in [4.78, 5) is 26.7. The molecule has 1 aromatic rings. The summed E-state index contributed by atoms with van der Waals surface area (Å²) in [6.45, 7) is 2.80. The van der Waals surface area contributed by atoms with Gasteiger partial charge in [0.1, 0.15) is 18.9 Å². The van der Waals surface area contributed by atoms with Gasteiger partial charge in [0, 0.05) is 7.05 Å². The van der Waals surface area contributed by atoms with E-state index in [2.05, 4.69) is 0 Å². The number of amides is 2. The summed E-state index contributed by atoms with van der Waals surface area (Å²) < 4.78 is 10.0. The molecule has 0 unspecified atom stereocenters. The quantitative estimate of drug-likeness (QED) is 0.828. The molecule has 1 fully saturated rings. The molecule has 0 bridgehead atoms. The molecule has 1 atom stereocenters. The first-order valence-corrected chi connectivity index (χ1v) is 6.84. The Morgan fingerprint density at radius 1 is 1.52 bits per heavy atom. The molecule has 6 heteroatoms. The van der Waals surface area contributed by atoms with Gasteiger partial charge in [-0.2, -0.15) is 0 Å². The van der Waals surface area contributed by atoms with Crippen molar-refractivity contribution in [3.8, 4) is 5.75 Å². The first-order valence-electron chi connectivity index (χ1n) is 6.84. The van der Waals surface area contributed by atoms with Crippen molar-refractivity contribution in [1.82, 2.24) is 9.80 Å². The fourth-order valence-electron chi connectivity index (χ4n) is 2.19. The minimum Gasteiger partial charge on any atom is -0.497 e. The van der Waals surface area contributed by atoms with Crippen molar-refractivity contribution >= 4 is 12.0 Å². The Labute approximate surface area is 124 Å². The lowest BCUT2D eigenvalue weighted by atomic mass is 10.1. The standard InChI is InChI=1S/C15H20N2O4/c1-11(12-5-4-6-13(9-12)20-3)16(2)14(18)10-17-7-8-21-15(17)19/h4-6,9,11H,7-8,10H2,1-3H3/t11-/m1/s1. The molecule has 2 amide bonds. The average molecular weight is 292 g/mol. The molecule has 1 aliphatic heterocycles. The van der Waals surface area contributed by atoms with Crippen LogP contribution >= 0.6 is 0 Å². The highest BCUT2D eigenvalue weighted by atomic mass is 16.6. The van der Waals surface area contributed by atoms with Crippen molar-refractivity contribution in [3.05, 3.63) is 29.8 Å². The molecular formula is C15H20N2O4. The molecule has 0 radical (unpaired) electrons. The molecule has 0 spiro atoms. The topological polar surface area (TPSA) is 59.1 Å². The summed E-state index contributed by atoms with van der Waals surface area (Å²) in [5, 5.41) is 0. The van der Waals surface area contributed by atoms with E-state index < -0.39 is 6.09 Å². The summed E-state index contributed by atoms with van der Waals surface area (Å²) in [6.07, 6.45) is -0.425. The van der Waals surface area contributed by atoms with Crippen molar-refractivity contribution in [2.24, 2.45) is 0 Å². The number of carbonyl (C=O) groups is 2. The fraction of sp³-hybridized carbons (Fsp3) is 0.467. The Morgan fingerprint density at radius 3 is 2.90 bits per heavy atom. The van der Waals surface area contributed by atoms with E-state index in [0.717, 1.165) is 11.3 Å². The maximum Gasteiger partial charge on any atom is 0.410 e. The third kappa shape index (κ3) is 3.45. The van der Waals surface area contributed by atoms with E-state index in [-0.39, 0.29) is 18.5 Å². The Balaban J connectivity index is 2.02. The zero-order chi connectivity index (χ0) is 15.4. The molecular weight excluding hydrogens is 272 g/mol. The number of benzene rings is 1. The van der Waals surface area contributed by atoms with Crippen LogP contribution < -0.4 is 4.74 Å². The van der Waals surface area contributed by atoms with Crippen molar-refractivity contribution in [2.45, 2.75) is 13.0 Å². The number of rotatable bonds is 5. The number of hydrogen-bond donors (Lipinski definition) is 0. The summed E-state index contributed by atoms with van der Waals surface area (Å²) >= 11 is 0. The maximum atomic E-state index is 12.3. The first kappa shape index (κ1) is 15.2.